The zero-order valence-corrected chi connectivity index (χ0v) is 11.2. The van der Waals surface area contributed by atoms with Crippen molar-refractivity contribution in [3.63, 3.8) is 0 Å². The van der Waals surface area contributed by atoms with Gasteiger partial charge in [-0.25, -0.2) is 0 Å². The van der Waals surface area contributed by atoms with E-state index in [1.807, 2.05) is 26.1 Å². The minimum absolute atomic E-state index is 0.515. The van der Waals surface area contributed by atoms with Crippen LogP contribution in [0.15, 0.2) is 18.2 Å². The lowest BCUT2D eigenvalue weighted by molar-refractivity contribution is 0.248. The molecular weight excluding hydrogens is 214 g/mol. The van der Waals surface area contributed by atoms with Crippen LogP contribution in [0.2, 0.25) is 0 Å². The van der Waals surface area contributed by atoms with Crippen LogP contribution in [0, 0.1) is 5.92 Å². The van der Waals surface area contributed by atoms with Gasteiger partial charge in [0.25, 0.3) is 0 Å². The highest BCUT2D eigenvalue weighted by Crippen LogP contribution is 2.28. The van der Waals surface area contributed by atoms with Crippen molar-refractivity contribution in [2.75, 3.05) is 20.3 Å². The molecule has 0 saturated carbocycles. The third-order valence-electron chi connectivity index (χ3n) is 2.26. The largest absolute Gasteiger partial charge is 0.490 e. The smallest absolute Gasteiger partial charge is 0.161 e. The quantitative estimate of drug-likeness (QED) is 0.791. The Bertz CT molecular complexity index is 337. The summed E-state index contributed by atoms with van der Waals surface area (Å²) in [6.07, 6.45) is 0. The van der Waals surface area contributed by atoms with Gasteiger partial charge in [0, 0.05) is 6.54 Å². The molecule has 0 saturated heterocycles. The predicted molar refractivity (Wildman–Crippen MR) is 70.7 cm³/mol. The van der Waals surface area contributed by atoms with Crippen LogP contribution in [0.5, 0.6) is 11.5 Å². The van der Waals surface area contributed by atoms with E-state index < -0.39 is 0 Å². The third kappa shape index (κ3) is 4.65. The van der Waals surface area contributed by atoms with E-state index in [0.29, 0.717) is 19.1 Å². The molecule has 0 atom stereocenters. The van der Waals surface area contributed by atoms with Crippen molar-refractivity contribution < 1.29 is 9.47 Å². The van der Waals surface area contributed by atoms with E-state index in [1.165, 1.54) is 5.56 Å². The minimum Gasteiger partial charge on any atom is -0.490 e. The molecule has 3 nitrogen and oxygen atoms in total. The van der Waals surface area contributed by atoms with Gasteiger partial charge in [-0.05, 0) is 37.6 Å². The number of hydrogen-bond acceptors (Lipinski definition) is 3. The molecule has 0 aliphatic rings. The number of nitrogens with one attached hydrogen (secondary N) is 1. The molecule has 0 amide bonds. The third-order valence-corrected chi connectivity index (χ3v) is 2.26. The Hall–Kier alpha value is -1.22. The topological polar surface area (TPSA) is 30.5 Å². The molecule has 0 unspecified atom stereocenters. The van der Waals surface area contributed by atoms with Crippen molar-refractivity contribution >= 4 is 0 Å². The maximum absolute atomic E-state index is 5.74. The zero-order chi connectivity index (χ0) is 12.7. The normalized spacial score (nSPS) is 10.6. The molecule has 96 valence electrons. The Kier molecular flexibility index (Phi) is 5.84. The molecule has 0 radical (unpaired) electrons. The summed E-state index contributed by atoms with van der Waals surface area (Å²) in [7, 11) is 1.93. The summed E-state index contributed by atoms with van der Waals surface area (Å²) >= 11 is 0. The molecule has 0 heterocycles. The summed E-state index contributed by atoms with van der Waals surface area (Å²) in [4.78, 5) is 0. The minimum atomic E-state index is 0.515. The van der Waals surface area contributed by atoms with Crippen molar-refractivity contribution in [3.05, 3.63) is 23.8 Å². The van der Waals surface area contributed by atoms with Gasteiger partial charge in [-0.15, -0.1) is 0 Å². The second-order valence-corrected chi connectivity index (χ2v) is 4.45. The Morgan fingerprint density at radius 3 is 2.53 bits per heavy atom. The molecule has 1 aromatic rings. The van der Waals surface area contributed by atoms with Gasteiger partial charge in [0.15, 0.2) is 11.5 Å². The Morgan fingerprint density at radius 1 is 1.18 bits per heavy atom. The molecule has 3 heteroatoms. The molecule has 17 heavy (non-hydrogen) atoms. The summed E-state index contributed by atoms with van der Waals surface area (Å²) < 4.78 is 11.3. The molecule has 1 N–H and O–H groups in total. The monoisotopic (exact) mass is 237 g/mol. The number of ether oxygens (including phenoxy) is 2. The van der Waals surface area contributed by atoms with Crippen LogP contribution < -0.4 is 14.8 Å². The fourth-order valence-corrected chi connectivity index (χ4v) is 1.51. The van der Waals surface area contributed by atoms with Gasteiger partial charge in [0.1, 0.15) is 0 Å². The summed E-state index contributed by atoms with van der Waals surface area (Å²) in [5.74, 6) is 2.18. The van der Waals surface area contributed by atoms with Gasteiger partial charge in [-0.2, -0.15) is 0 Å². The van der Waals surface area contributed by atoms with E-state index in [4.69, 9.17) is 9.47 Å². The Morgan fingerprint density at radius 2 is 1.94 bits per heavy atom. The fourth-order valence-electron chi connectivity index (χ4n) is 1.51. The van der Waals surface area contributed by atoms with Crippen LogP contribution in [0.1, 0.15) is 26.3 Å². The number of hydrogen-bond donors (Lipinski definition) is 1. The lowest BCUT2D eigenvalue weighted by atomic mass is 10.2. The van der Waals surface area contributed by atoms with Gasteiger partial charge in [-0.3, -0.25) is 0 Å². The zero-order valence-electron chi connectivity index (χ0n) is 11.2. The molecule has 0 aromatic heterocycles. The van der Waals surface area contributed by atoms with Gasteiger partial charge in [0.2, 0.25) is 0 Å². The lowest BCUT2D eigenvalue weighted by Gasteiger charge is -2.14. The van der Waals surface area contributed by atoms with E-state index in [2.05, 4.69) is 25.2 Å². The van der Waals surface area contributed by atoms with E-state index in [9.17, 15) is 0 Å². The first-order valence-corrected chi connectivity index (χ1v) is 6.20. The molecule has 0 aliphatic heterocycles. The van der Waals surface area contributed by atoms with Crippen LogP contribution in [-0.4, -0.2) is 20.3 Å². The maximum Gasteiger partial charge on any atom is 0.161 e. The van der Waals surface area contributed by atoms with Crippen molar-refractivity contribution in [2.24, 2.45) is 5.92 Å². The van der Waals surface area contributed by atoms with E-state index in [1.54, 1.807) is 0 Å². The predicted octanol–water partition coefficient (Wildman–Crippen LogP) is 2.84. The average molecular weight is 237 g/mol. The maximum atomic E-state index is 5.74. The van der Waals surface area contributed by atoms with Crippen LogP contribution in [0.25, 0.3) is 0 Å². The van der Waals surface area contributed by atoms with Crippen LogP contribution in [0.3, 0.4) is 0 Å². The van der Waals surface area contributed by atoms with Gasteiger partial charge < -0.3 is 14.8 Å². The van der Waals surface area contributed by atoms with Gasteiger partial charge in [-0.1, -0.05) is 19.9 Å². The summed E-state index contributed by atoms with van der Waals surface area (Å²) in [5, 5.41) is 3.13. The first-order chi connectivity index (χ1) is 8.17. The lowest BCUT2D eigenvalue weighted by Crippen LogP contribution is -2.08. The molecule has 0 aliphatic carbocycles. The summed E-state index contributed by atoms with van der Waals surface area (Å²) in [5.41, 5.74) is 1.20. The molecule has 1 aromatic carbocycles. The van der Waals surface area contributed by atoms with Gasteiger partial charge in [0.05, 0.1) is 13.2 Å². The highest BCUT2D eigenvalue weighted by atomic mass is 16.5. The molecule has 0 spiro atoms. The van der Waals surface area contributed by atoms with E-state index >= 15 is 0 Å². The highest BCUT2D eigenvalue weighted by Gasteiger charge is 2.07. The molecule has 0 bridgehead atoms. The van der Waals surface area contributed by atoms with Crippen molar-refractivity contribution in [3.8, 4) is 11.5 Å². The van der Waals surface area contributed by atoms with Crippen LogP contribution in [0.4, 0.5) is 0 Å². The summed E-state index contributed by atoms with van der Waals surface area (Å²) in [6, 6.07) is 6.09. The average Bonchev–Trinajstić information content (AvgIpc) is 2.28. The standard InChI is InChI=1S/C14H23NO2/c1-5-16-14-8-12(9-15-4)6-7-13(14)17-10-11(2)3/h6-8,11,15H,5,9-10H2,1-4H3. The molecular formula is C14H23NO2. The second-order valence-electron chi connectivity index (χ2n) is 4.45. The van der Waals surface area contributed by atoms with Crippen molar-refractivity contribution in [1.29, 1.82) is 0 Å². The van der Waals surface area contributed by atoms with Crippen LogP contribution >= 0.6 is 0 Å². The fraction of sp³-hybridized carbons (Fsp3) is 0.571. The Labute approximate surface area is 104 Å². The first kappa shape index (κ1) is 13.8. The number of rotatable bonds is 7. The first-order valence-electron chi connectivity index (χ1n) is 6.20. The molecule has 1 rings (SSSR count). The van der Waals surface area contributed by atoms with Crippen LogP contribution in [-0.2, 0) is 6.54 Å². The Balaban J connectivity index is 2.79. The second kappa shape index (κ2) is 7.17. The van der Waals surface area contributed by atoms with Crippen molar-refractivity contribution in [2.45, 2.75) is 27.3 Å². The number of benzene rings is 1. The van der Waals surface area contributed by atoms with E-state index in [-0.39, 0.29) is 0 Å². The molecule has 0 fully saturated rings. The summed E-state index contributed by atoms with van der Waals surface area (Å²) in [6.45, 7) is 8.46. The van der Waals surface area contributed by atoms with Gasteiger partial charge >= 0.3 is 0 Å². The van der Waals surface area contributed by atoms with Crippen molar-refractivity contribution in [1.82, 2.24) is 5.32 Å². The highest BCUT2D eigenvalue weighted by molar-refractivity contribution is 5.43. The van der Waals surface area contributed by atoms with E-state index in [0.717, 1.165) is 18.0 Å². The SMILES string of the molecule is CCOc1cc(CNC)ccc1OCC(C)C.